The van der Waals surface area contributed by atoms with E-state index in [0.29, 0.717) is 55.4 Å². The van der Waals surface area contributed by atoms with Crippen molar-refractivity contribution in [1.29, 1.82) is 0 Å². The minimum atomic E-state index is -0.264. The van der Waals surface area contributed by atoms with E-state index in [1.807, 2.05) is 6.92 Å². The van der Waals surface area contributed by atoms with Crippen LogP contribution in [-0.4, -0.2) is 49.0 Å². The zero-order valence-electron chi connectivity index (χ0n) is 13.2. The lowest BCUT2D eigenvalue weighted by Crippen LogP contribution is -2.37. The van der Waals surface area contributed by atoms with E-state index < -0.39 is 0 Å². The van der Waals surface area contributed by atoms with Crippen LogP contribution in [0.4, 0.5) is 0 Å². The summed E-state index contributed by atoms with van der Waals surface area (Å²) in [6.07, 6.45) is 1.02. The van der Waals surface area contributed by atoms with Crippen molar-refractivity contribution in [1.82, 2.24) is 10.2 Å². The first-order valence-electron chi connectivity index (χ1n) is 7.76. The summed E-state index contributed by atoms with van der Waals surface area (Å²) in [5.74, 6) is 0.230. The van der Waals surface area contributed by atoms with Gasteiger partial charge >= 0.3 is 0 Å². The van der Waals surface area contributed by atoms with Gasteiger partial charge in [-0.1, -0.05) is 11.6 Å². The number of hydrogen-bond donors (Lipinski definition) is 2. The van der Waals surface area contributed by atoms with Crippen LogP contribution in [0.1, 0.15) is 30.1 Å². The molecule has 0 radical (unpaired) electrons. The van der Waals surface area contributed by atoms with E-state index in [2.05, 4.69) is 5.32 Å². The van der Waals surface area contributed by atoms with Gasteiger partial charge in [-0.05, 0) is 38.1 Å². The smallest absolute Gasteiger partial charge is 0.255 e. The fourth-order valence-corrected chi connectivity index (χ4v) is 2.67. The Morgan fingerprint density at radius 1 is 1.52 bits per heavy atom. The van der Waals surface area contributed by atoms with Gasteiger partial charge in [-0.2, -0.15) is 0 Å². The molecule has 0 bridgehead atoms. The van der Waals surface area contributed by atoms with Crippen molar-refractivity contribution in [3.8, 4) is 5.75 Å². The van der Waals surface area contributed by atoms with Crippen LogP contribution in [0.25, 0.3) is 0 Å². The van der Waals surface area contributed by atoms with Gasteiger partial charge in [0.1, 0.15) is 5.75 Å². The molecule has 1 heterocycles. The highest BCUT2D eigenvalue weighted by Crippen LogP contribution is 2.24. The lowest BCUT2D eigenvalue weighted by atomic mass is 10.1. The number of nitrogens with two attached hydrogens (primary N) is 1. The van der Waals surface area contributed by atoms with Gasteiger partial charge in [-0.25, -0.2) is 0 Å². The molecule has 6 nitrogen and oxygen atoms in total. The summed E-state index contributed by atoms with van der Waals surface area (Å²) in [6, 6.07) is 4.71. The average molecular weight is 340 g/mol. The SMILES string of the molecule is CCN1CC(NC(=O)c2ccc(Cl)cc2OCCCN)CC1=O. The Balaban J connectivity index is 2.05. The highest BCUT2D eigenvalue weighted by molar-refractivity contribution is 6.30. The van der Waals surface area contributed by atoms with Crippen LogP contribution in [0.5, 0.6) is 5.75 Å². The average Bonchev–Trinajstić information content (AvgIpc) is 2.87. The molecule has 2 amide bonds. The van der Waals surface area contributed by atoms with Crippen LogP contribution in [-0.2, 0) is 4.79 Å². The van der Waals surface area contributed by atoms with E-state index in [1.54, 1.807) is 23.1 Å². The molecule has 1 aliphatic heterocycles. The number of rotatable bonds is 7. The Kier molecular flexibility index (Phi) is 6.24. The molecule has 0 aliphatic carbocycles. The number of nitrogens with one attached hydrogen (secondary N) is 1. The van der Waals surface area contributed by atoms with Crippen molar-refractivity contribution >= 4 is 23.4 Å². The number of benzene rings is 1. The molecule has 0 spiro atoms. The van der Waals surface area contributed by atoms with Gasteiger partial charge in [0.25, 0.3) is 5.91 Å². The predicted molar refractivity (Wildman–Crippen MR) is 88.7 cm³/mol. The van der Waals surface area contributed by atoms with Crippen molar-refractivity contribution in [2.45, 2.75) is 25.8 Å². The highest BCUT2D eigenvalue weighted by Gasteiger charge is 2.30. The molecule has 3 N–H and O–H groups in total. The Hall–Kier alpha value is -1.79. The summed E-state index contributed by atoms with van der Waals surface area (Å²) in [4.78, 5) is 25.9. The van der Waals surface area contributed by atoms with Crippen molar-refractivity contribution in [2.24, 2.45) is 5.73 Å². The van der Waals surface area contributed by atoms with Crippen LogP contribution in [0.15, 0.2) is 18.2 Å². The first-order valence-corrected chi connectivity index (χ1v) is 8.14. The molecule has 1 aromatic carbocycles. The predicted octanol–water partition coefficient (Wildman–Crippen LogP) is 1.42. The molecule has 2 rings (SSSR count). The van der Waals surface area contributed by atoms with Crippen LogP contribution in [0.3, 0.4) is 0 Å². The standard InChI is InChI=1S/C16H22ClN3O3/c1-2-20-10-12(9-15(20)21)19-16(22)13-5-4-11(17)8-14(13)23-7-3-6-18/h4-5,8,12H,2-3,6-7,9-10,18H2,1H3,(H,19,22). The van der Waals surface area contributed by atoms with Gasteiger partial charge in [0.2, 0.25) is 5.91 Å². The summed E-state index contributed by atoms with van der Waals surface area (Å²) >= 11 is 5.97. The lowest BCUT2D eigenvalue weighted by Gasteiger charge is -2.16. The molecule has 1 fully saturated rings. The third kappa shape index (κ3) is 4.59. The van der Waals surface area contributed by atoms with E-state index in [-0.39, 0.29) is 17.9 Å². The van der Waals surface area contributed by atoms with Crippen molar-refractivity contribution in [3.05, 3.63) is 28.8 Å². The Morgan fingerprint density at radius 2 is 2.30 bits per heavy atom. The zero-order chi connectivity index (χ0) is 16.8. The van der Waals surface area contributed by atoms with Gasteiger partial charge in [0.05, 0.1) is 18.2 Å². The molecule has 0 saturated carbocycles. The topological polar surface area (TPSA) is 84.7 Å². The molecule has 0 aromatic heterocycles. The molecule has 1 aromatic rings. The van der Waals surface area contributed by atoms with Gasteiger partial charge in [0.15, 0.2) is 0 Å². The number of nitrogens with zero attached hydrogens (tertiary/aromatic N) is 1. The van der Waals surface area contributed by atoms with Gasteiger partial charge < -0.3 is 20.7 Å². The molecular weight excluding hydrogens is 318 g/mol. The quantitative estimate of drug-likeness (QED) is 0.736. The van der Waals surface area contributed by atoms with Crippen LogP contribution < -0.4 is 15.8 Å². The Labute approximate surface area is 140 Å². The number of carbonyl (C=O) groups excluding carboxylic acids is 2. The van der Waals surface area contributed by atoms with Crippen molar-refractivity contribution in [3.63, 3.8) is 0 Å². The first-order chi connectivity index (χ1) is 11.0. The summed E-state index contributed by atoms with van der Waals surface area (Å²) in [6.45, 7) is 4.05. The van der Waals surface area contributed by atoms with Crippen molar-refractivity contribution in [2.75, 3.05) is 26.2 Å². The van der Waals surface area contributed by atoms with Crippen LogP contribution in [0, 0.1) is 0 Å². The largest absolute Gasteiger partial charge is 0.493 e. The Bertz CT molecular complexity index is 580. The van der Waals surface area contributed by atoms with E-state index in [4.69, 9.17) is 22.1 Å². The summed E-state index contributed by atoms with van der Waals surface area (Å²) in [5, 5.41) is 3.39. The first kappa shape index (κ1) is 17.6. The molecular formula is C16H22ClN3O3. The van der Waals surface area contributed by atoms with Crippen molar-refractivity contribution < 1.29 is 14.3 Å². The zero-order valence-corrected chi connectivity index (χ0v) is 13.9. The van der Waals surface area contributed by atoms with Crippen LogP contribution in [0.2, 0.25) is 5.02 Å². The number of likely N-dealkylation sites (tertiary alicyclic amines) is 1. The number of hydrogen-bond acceptors (Lipinski definition) is 4. The molecule has 1 unspecified atom stereocenters. The second kappa shape index (κ2) is 8.17. The second-order valence-electron chi connectivity index (χ2n) is 5.44. The number of halogens is 1. The third-order valence-corrected chi connectivity index (χ3v) is 3.96. The van der Waals surface area contributed by atoms with E-state index in [9.17, 15) is 9.59 Å². The molecule has 7 heteroatoms. The summed E-state index contributed by atoms with van der Waals surface area (Å²) in [7, 11) is 0. The van der Waals surface area contributed by atoms with Gasteiger partial charge in [-0.3, -0.25) is 9.59 Å². The third-order valence-electron chi connectivity index (χ3n) is 3.73. The maximum Gasteiger partial charge on any atom is 0.255 e. The number of carbonyl (C=O) groups is 2. The molecule has 23 heavy (non-hydrogen) atoms. The van der Waals surface area contributed by atoms with E-state index in [0.717, 1.165) is 0 Å². The van der Waals surface area contributed by atoms with E-state index >= 15 is 0 Å². The van der Waals surface area contributed by atoms with E-state index in [1.165, 1.54) is 0 Å². The number of likely N-dealkylation sites (N-methyl/N-ethyl adjacent to an activating group) is 1. The number of ether oxygens (including phenoxy) is 1. The van der Waals surface area contributed by atoms with Gasteiger partial charge in [0, 0.05) is 24.5 Å². The maximum atomic E-state index is 12.5. The van der Waals surface area contributed by atoms with Crippen LogP contribution >= 0.6 is 11.6 Å². The normalized spacial score (nSPS) is 17.4. The minimum absolute atomic E-state index is 0.0633. The van der Waals surface area contributed by atoms with Gasteiger partial charge in [-0.15, -0.1) is 0 Å². The monoisotopic (exact) mass is 339 g/mol. The molecule has 126 valence electrons. The minimum Gasteiger partial charge on any atom is -0.493 e. The fourth-order valence-electron chi connectivity index (χ4n) is 2.51. The summed E-state index contributed by atoms with van der Waals surface area (Å²) in [5.41, 5.74) is 5.86. The molecule has 1 atom stereocenters. The highest BCUT2D eigenvalue weighted by atomic mass is 35.5. The maximum absolute atomic E-state index is 12.5. The molecule has 1 saturated heterocycles. The second-order valence-corrected chi connectivity index (χ2v) is 5.87. The fraction of sp³-hybridized carbons (Fsp3) is 0.500. The summed E-state index contributed by atoms with van der Waals surface area (Å²) < 4.78 is 5.60. The molecule has 1 aliphatic rings. The Morgan fingerprint density at radius 3 is 2.96 bits per heavy atom. The number of amides is 2. The lowest BCUT2D eigenvalue weighted by molar-refractivity contribution is -0.127.